The third-order valence-corrected chi connectivity index (χ3v) is 6.03. The van der Waals surface area contributed by atoms with Crippen molar-refractivity contribution in [2.75, 3.05) is 0 Å². The van der Waals surface area contributed by atoms with Gasteiger partial charge in [0.2, 0.25) is 5.91 Å². The van der Waals surface area contributed by atoms with Crippen molar-refractivity contribution in [3.05, 3.63) is 51.8 Å². The number of carbonyl (C=O) groups is 1. The molecule has 1 fully saturated rings. The average Bonchev–Trinajstić information content (AvgIpc) is 3.41. The van der Waals surface area contributed by atoms with Crippen molar-refractivity contribution < 1.29 is 4.79 Å². The molecule has 1 atom stereocenters. The molecule has 2 aliphatic carbocycles. The van der Waals surface area contributed by atoms with Crippen molar-refractivity contribution >= 4 is 17.5 Å². The molecule has 0 bridgehead atoms. The lowest BCUT2D eigenvalue weighted by molar-refractivity contribution is -0.135. The van der Waals surface area contributed by atoms with Crippen LogP contribution in [0.5, 0.6) is 0 Å². The van der Waals surface area contributed by atoms with Gasteiger partial charge in [-0.2, -0.15) is 5.10 Å². The van der Waals surface area contributed by atoms with Crippen molar-refractivity contribution in [3.63, 3.8) is 0 Å². The van der Waals surface area contributed by atoms with Gasteiger partial charge >= 0.3 is 0 Å². The Labute approximate surface area is 153 Å². The number of halogens is 1. The van der Waals surface area contributed by atoms with E-state index in [0.717, 1.165) is 43.5 Å². The van der Waals surface area contributed by atoms with E-state index in [1.807, 2.05) is 13.8 Å². The molecule has 1 unspecified atom stereocenters. The molecular weight excluding hydrogens is 334 g/mol. The smallest absolute Gasteiger partial charge is 0.245 e. The molecular formula is C20H24ClN3O. The lowest BCUT2D eigenvalue weighted by Gasteiger charge is -2.36. The van der Waals surface area contributed by atoms with Crippen LogP contribution in [0.4, 0.5) is 0 Å². The first-order valence-electron chi connectivity index (χ1n) is 9.14. The molecule has 2 aromatic rings. The van der Waals surface area contributed by atoms with Gasteiger partial charge in [0.15, 0.2) is 0 Å². The summed E-state index contributed by atoms with van der Waals surface area (Å²) in [5.41, 5.74) is 4.38. The maximum atomic E-state index is 13.2. The second-order valence-electron chi connectivity index (χ2n) is 7.28. The van der Waals surface area contributed by atoms with E-state index < -0.39 is 0 Å². The van der Waals surface area contributed by atoms with Crippen LogP contribution < -0.4 is 0 Å². The van der Waals surface area contributed by atoms with E-state index in [-0.39, 0.29) is 18.5 Å². The van der Waals surface area contributed by atoms with Gasteiger partial charge in [0, 0.05) is 6.04 Å². The van der Waals surface area contributed by atoms with Crippen LogP contribution in [0.1, 0.15) is 54.2 Å². The monoisotopic (exact) mass is 357 g/mol. The first-order chi connectivity index (χ1) is 12.1. The third kappa shape index (κ3) is 3.08. The predicted molar refractivity (Wildman–Crippen MR) is 98.7 cm³/mol. The average molecular weight is 358 g/mol. The standard InChI is InChI=1S/C20H24ClN3O/c1-13-20(21)14(2)23(22-13)12-19(25)24(16-10-11-16)18-9-5-7-15-6-3-4-8-17(15)18/h3-4,6,8,16,18H,5,7,9-12H2,1-2H3. The zero-order valence-corrected chi connectivity index (χ0v) is 15.6. The summed E-state index contributed by atoms with van der Waals surface area (Å²) in [6.45, 7) is 4.08. The van der Waals surface area contributed by atoms with Crippen molar-refractivity contribution in [2.45, 2.75) is 64.6 Å². The molecule has 1 amide bonds. The van der Waals surface area contributed by atoms with Crippen LogP contribution in [-0.4, -0.2) is 26.6 Å². The topological polar surface area (TPSA) is 38.1 Å². The van der Waals surface area contributed by atoms with Crippen molar-refractivity contribution in [3.8, 4) is 0 Å². The van der Waals surface area contributed by atoms with E-state index in [1.54, 1.807) is 4.68 Å². The highest BCUT2D eigenvalue weighted by Gasteiger charge is 2.39. The van der Waals surface area contributed by atoms with Crippen molar-refractivity contribution in [2.24, 2.45) is 0 Å². The lowest BCUT2D eigenvalue weighted by Crippen LogP contribution is -2.40. The Balaban J connectivity index is 1.62. The van der Waals surface area contributed by atoms with Crippen LogP contribution in [0.3, 0.4) is 0 Å². The largest absolute Gasteiger partial charge is 0.331 e. The highest BCUT2D eigenvalue weighted by atomic mass is 35.5. The summed E-state index contributed by atoms with van der Waals surface area (Å²) < 4.78 is 1.75. The molecule has 132 valence electrons. The molecule has 1 saturated carbocycles. The van der Waals surface area contributed by atoms with E-state index >= 15 is 0 Å². The fourth-order valence-corrected chi connectivity index (χ4v) is 4.18. The van der Waals surface area contributed by atoms with Gasteiger partial charge in [-0.05, 0) is 57.1 Å². The molecule has 4 nitrogen and oxygen atoms in total. The molecule has 25 heavy (non-hydrogen) atoms. The minimum Gasteiger partial charge on any atom is -0.331 e. The number of fused-ring (bicyclic) bond motifs is 1. The molecule has 0 saturated heterocycles. The van der Waals surface area contributed by atoms with Crippen LogP contribution in [0.15, 0.2) is 24.3 Å². The normalized spacial score (nSPS) is 19.6. The number of aromatic nitrogens is 2. The van der Waals surface area contributed by atoms with Crippen LogP contribution in [0.25, 0.3) is 0 Å². The first-order valence-corrected chi connectivity index (χ1v) is 9.52. The number of rotatable bonds is 4. The first kappa shape index (κ1) is 16.6. The van der Waals surface area contributed by atoms with Crippen LogP contribution in [-0.2, 0) is 17.8 Å². The van der Waals surface area contributed by atoms with Gasteiger partial charge in [-0.3, -0.25) is 9.48 Å². The van der Waals surface area contributed by atoms with E-state index in [9.17, 15) is 4.79 Å². The SMILES string of the molecule is Cc1nn(CC(=O)N(C2CC2)C2CCCc3ccccc32)c(C)c1Cl. The third-order valence-electron chi connectivity index (χ3n) is 5.48. The molecule has 1 aromatic carbocycles. The summed E-state index contributed by atoms with van der Waals surface area (Å²) in [5.74, 6) is 0.159. The van der Waals surface area contributed by atoms with Gasteiger partial charge in [0.25, 0.3) is 0 Å². The fourth-order valence-electron chi connectivity index (χ4n) is 4.04. The summed E-state index contributed by atoms with van der Waals surface area (Å²) in [5, 5.41) is 5.10. The molecule has 1 heterocycles. The molecule has 0 aliphatic heterocycles. The highest BCUT2D eigenvalue weighted by Crippen LogP contribution is 2.41. The number of benzene rings is 1. The Morgan fingerprint density at radius 2 is 2.04 bits per heavy atom. The van der Waals surface area contributed by atoms with E-state index in [2.05, 4.69) is 34.3 Å². The fraction of sp³-hybridized carbons (Fsp3) is 0.500. The van der Waals surface area contributed by atoms with Gasteiger partial charge in [-0.25, -0.2) is 0 Å². The van der Waals surface area contributed by atoms with Crippen molar-refractivity contribution in [1.82, 2.24) is 14.7 Å². The summed E-state index contributed by atoms with van der Waals surface area (Å²) in [7, 11) is 0. The summed E-state index contributed by atoms with van der Waals surface area (Å²) in [4.78, 5) is 15.3. The molecule has 5 heteroatoms. The number of amides is 1. The van der Waals surface area contributed by atoms with Gasteiger partial charge in [-0.1, -0.05) is 35.9 Å². The number of aryl methyl sites for hydroxylation is 2. The van der Waals surface area contributed by atoms with Gasteiger partial charge in [0.05, 0.1) is 22.5 Å². The maximum Gasteiger partial charge on any atom is 0.245 e. The maximum absolute atomic E-state index is 13.2. The molecule has 0 spiro atoms. The second kappa shape index (κ2) is 6.49. The molecule has 1 aromatic heterocycles. The molecule has 2 aliphatic rings. The second-order valence-corrected chi connectivity index (χ2v) is 7.66. The highest BCUT2D eigenvalue weighted by molar-refractivity contribution is 6.31. The van der Waals surface area contributed by atoms with Gasteiger partial charge in [-0.15, -0.1) is 0 Å². The van der Waals surface area contributed by atoms with Gasteiger partial charge < -0.3 is 4.90 Å². The summed E-state index contributed by atoms with van der Waals surface area (Å²) >= 11 is 6.24. The number of nitrogens with zero attached hydrogens (tertiary/aromatic N) is 3. The summed E-state index contributed by atoms with van der Waals surface area (Å²) in [6, 6.07) is 9.18. The van der Waals surface area contributed by atoms with E-state index in [0.29, 0.717) is 11.1 Å². The summed E-state index contributed by atoms with van der Waals surface area (Å²) in [6.07, 6.45) is 5.54. The van der Waals surface area contributed by atoms with E-state index in [1.165, 1.54) is 11.1 Å². The van der Waals surface area contributed by atoms with Crippen LogP contribution >= 0.6 is 11.6 Å². The predicted octanol–water partition coefficient (Wildman–Crippen LogP) is 4.22. The zero-order valence-electron chi connectivity index (χ0n) is 14.8. The minimum absolute atomic E-state index is 0.159. The lowest BCUT2D eigenvalue weighted by atomic mass is 9.86. The Morgan fingerprint density at radius 1 is 1.28 bits per heavy atom. The Kier molecular flexibility index (Phi) is 4.32. The quantitative estimate of drug-likeness (QED) is 0.821. The Hall–Kier alpha value is -1.81. The van der Waals surface area contributed by atoms with Crippen LogP contribution in [0.2, 0.25) is 5.02 Å². The van der Waals surface area contributed by atoms with Gasteiger partial charge in [0.1, 0.15) is 6.54 Å². The minimum atomic E-state index is 0.159. The van der Waals surface area contributed by atoms with E-state index in [4.69, 9.17) is 11.6 Å². The number of hydrogen-bond acceptors (Lipinski definition) is 2. The Morgan fingerprint density at radius 3 is 2.72 bits per heavy atom. The molecule has 0 radical (unpaired) electrons. The molecule has 0 N–H and O–H groups in total. The molecule has 4 rings (SSSR count). The Bertz CT molecular complexity index is 809. The van der Waals surface area contributed by atoms with Crippen molar-refractivity contribution in [1.29, 1.82) is 0 Å². The zero-order chi connectivity index (χ0) is 17.6. The number of carbonyl (C=O) groups excluding carboxylic acids is 1. The number of hydrogen-bond donors (Lipinski definition) is 0. The van der Waals surface area contributed by atoms with Crippen LogP contribution in [0, 0.1) is 13.8 Å².